The molecule has 0 aliphatic carbocycles. The van der Waals surface area contributed by atoms with Crippen molar-refractivity contribution in [1.29, 1.82) is 0 Å². The molecule has 0 amide bonds. The minimum Gasteiger partial charge on any atom is -0.497 e. The first-order valence-corrected chi connectivity index (χ1v) is 5.68. The molecular formula is C12H16BrNO. The van der Waals surface area contributed by atoms with Crippen LogP contribution in [0.4, 0.5) is 0 Å². The minimum atomic E-state index is 0.0208. The molecule has 1 atom stereocenters. The molecule has 0 aliphatic rings. The lowest BCUT2D eigenvalue weighted by atomic mass is 10.0. The van der Waals surface area contributed by atoms with Crippen LogP contribution in [0.1, 0.15) is 24.4 Å². The summed E-state index contributed by atoms with van der Waals surface area (Å²) >= 11 is 3.49. The summed E-state index contributed by atoms with van der Waals surface area (Å²) in [6.07, 6.45) is 3.70. The molecule has 0 heterocycles. The Morgan fingerprint density at radius 3 is 2.93 bits per heavy atom. The third-order valence-electron chi connectivity index (χ3n) is 2.28. The van der Waals surface area contributed by atoms with E-state index in [1.807, 2.05) is 24.3 Å². The van der Waals surface area contributed by atoms with Gasteiger partial charge in [-0.2, -0.15) is 0 Å². The molecule has 3 heteroatoms. The number of allylic oxidation sites excluding steroid dienone is 1. The van der Waals surface area contributed by atoms with Gasteiger partial charge in [0.05, 0.1) is 7.11 Å². The molecule has 15 heavy (non-hydrogen) atoms. The zero-order valence-electron chi connectivity index (χ0n) is 8.87. The van der Waals surface area contributed by atoms with Gasteiger partial charge in [-0.15, -0.1) is 6.58 Å². The molecule has 1 rings (SSSR count). The lowest BCUT2D eigenvalue weighted by molar-refractivity contribution is 0.413. The van der Waals surface area contributed by atoms with Crippen LogP contribution in [0.25, 0.3) is 0 Å². The van der Waals surface area contributed by atoms with Crippen LogP contribution in [0, 0.1) is 0 Å². The predicted octanol–water partition coefficient (Wildman–Crippen LogP) is 3.42. The highest BCUT2D eigenvalue weighted by atomic mass is 79.9. The monoisotopic (exact) mass is 269 g/mol. The van der Waals surface area contributed by atoms with Gasteiger partial charge in [0, 0.05) is 10.5 Å². The Kier molecular flexibility index (Phi) is 4.85. The van der Waals surface area contributed by atoms with Crippen LogP contribution in [0.3, 0.4) is 0 Å². The van der Waals surface area contributed by atoms with Crippen molar-refractivity contribution < 1.29 is 4.74 Å². The van der Waals surface area contributed by atoms with Gasteiger partial charge in [-0.05, 0) is 36.6 Å². The highest BCUT2D eigenvalue weighted by Crippen LogP contribution is 2.28. The number of rotatable bonds is 5. The third kappa shape index (κ3) is 3.36. The highest BCUT2D eigenvalue weighted by molar-refractivity contribution is 9.10. The molecule has 0 aliphatic heterocycles. The molecule has 1 aromatic rings. The van der Waals surface area contributed by atoms with Gasteiger partial charge in [0.15, 0.2) is 0 Å². The van der Waals surface area contributed by atoms with Crippen molar-refractivity contribution in [3.63, 3.8) is 0 Å². The second-order valence-corrected chi connectivity index (χ2v) is 4.21. The summed E-state index contributed by atoms with van der Waals surface area (Å²) in [5.74, 6) is 0.835. The first-order chi connectivity index (χ1) is 7.19. The molecule has 0 radical (unpaired) electrons. The maximum atomic E-state index is 6.07. The van der Waals surface area contributed by atoms with Crippen LogP contribution in [0.5, 0.6) is 5.75 Å². The maximum absolute atomic E-state index is 6.07. The molecule has 2 N–H and O–H groups in total. The summed E-state index contributed by atoms with van der Waals surface area (Å²) in [5, 5.41) is 0. The van der Waals surface area contributed by atoms with Crippen LogP contribution in [-0.2, 0) is 0 Å². The van der Waals surface area contributed by atoms with Crippen LogP contribution in [0.15, 0.2) is 35.3 Å². The molecule has 0 aromatic heterocycles. The predicted molar refractivity (Wildman–Crippen MR) is 67.1 cm³/mol. The summed E-state index contributed by atoms with van der Waals surface area (Å²) in [7, 11) is 1.66. The van der Waals surface area contributed by atoms with E-state index in [1.165, 1.54) is 0 Å². The average molecular weight is 270 g/mol. The van der Waals surface area contributed by atoms with E-state index in [1.54, 1.807) is 7.11 Å². The molecule has 0 fully saturated rings. The first-order valence-electron chi connectivity index (χ1n) is 4.89. The van der Waals surface area contributed by atoms with Crippen molar-refractivity contribution in [2.45, 2.75) is 18.9 Å². The summed E-state index contributed by atoms with van der Waals surface area (Å²) < 4.78 is 6.20. The van der Waals surface area contributed by atoms with Crippen LogP contribution in [-0.4, -0.2) is 7.11 Å². The summed E-state index contributed by atoms with van der Waals surface area (Å²) in [5.41, 5.74) is 7.15. The molecule has 0 saturated heterocycles. The molecule has 0 unspecified atom stereocenters. The van der Waals surface area contributed by atoms with Crippen LogP contribution in [0.2, 0.25) is 0 Å². The molecule has 1 aromatic carbocycles. The lowest BCUT2D eigenvalue weighted by Gasteiger charge is -2.14. The Balaban J connectivity index is 2.85. The number of hydrogen-bond donors (Lipinski definition) is 1. The van der Waals surface area contributed by atoms with Gasteiger partial charge in [0.1, 0.15) is 5.75 Å². The number of methoxy groups -OCH3 is 1. The van der Waals surface area contributed by atoms with Crippen molar-refractivity contribution in [2.75, 3.05) is 7.11 Å². The number of ether oxygens (including phenoxy) is 1. The van der Waals surface area contributed by atoms with Crippen LogP contribution < -0.4 is 10.5 Å². The van der Waals surface area contributed by atoms with Gasteiger partial charge >= 0.3 is 0 Å². The normalized spacial score (nSPS) is 12.2. The van der Waals surface area contributed by atoms with Gasteiger partial charge in [-0.25, -0.2) is 0 Å². The SMILES string of the molecule is C=CCC[C@@H](N)c1cc(OC)ccc1Br. The smallest absolute Gasteiger partial charge is 0.119 e. The molecule has 82 valence electrons. The number of hydrogen-bond acceptors (Lipinski definition) is 2. The second kappa shape index (κ2) is 5.93. The fraction of sp³-hybridized carbons (Fsp3) is 0.333. The highest BCUT2D eigenvalue weighted by Gasteiger charge is 2.10. The lowest BCUT2D eigenvalue weighted by Crippen LogP contribution is -2.10. The van der Waals surface area contributed by atoms with Crippen molar-refractivity contribution in [3.8, 4) is 5.75 Å². The summed E-state index contributed by atoms with van der Waals surface area (Å²) in [6, 6.07) is 5.86. The summed E-state index contributed by atoms with van der Waals surface area (Å²) in [4.78, 5) is 0. The van der Waals surface area contributed by atoms with E-state index in [0.717, 1.165) is 28.6 Å². The fourth-order valence-electron chi connectivity index (χ4n) is 1.39. The minimum absolute atomic E-state index is 0.0208. The third-order valence-corrected chi connectivity index (χ3v) is 3.01. The average Bonchev–Trinajstić information content (AvgIpc) is 2.26. The van der Waals surface area contributed by atoms with Gasteiger partial charge in [-0.3, -0.25) is 0 Å². The molecule has 0 saturated carbocycles. The number of nitrogens with two attached hydrogens (primary N) is 1. The molecule has 0 spiro atoms. The van der Waals surface area contributed by atoms with E-state index >= 15 is 0 Å². The number of halogens is 1. The van der Waals surface area contributed by atoms with Crippen molar-refractivity contribution in [1.82, 2.24) is 0 Å². The van der Waals surface area contributed by atoms with Gasteiger partial charge < -0.3 is 10.5 Å². The zero-order valence-corrected chi connectivity index (χ0v) is 10.5. The van der Waals surface area contributed by atoms with Crippen LogP contribution >= 0.6 is 15.9 Å². The topological polar surface area (TPSA) is 35.2 Å². The molecule has 2 nitrogen and oxygen atoms in total. The van der Waals surface area contributed by atoms with Gasteiger partial charge in [-0.1, -0.05) is 22.0 Å². The quantitative estimate of drug-likeness (QED) is 0.832. The van der Waals surface area contributed by atoms with Crippen molar-refractivity contribution in [2.24, 2.45) is 5.73 Å². The maximum Gasteiger partial charge on any atom is 0.119 e. The van der Waals surface area contributed by atoms with E-state index in [9.17, 15) is 0 Å². The Hall–Kier alpha value is -0.800. The van der Waals surface area contributed by atoms with E-state index < -0.39 is 0 Å². The van der Waals surface area contributed by atoms with E-state index in [2.05, 4.69) is 22.5 Å². The second-order valence-electron chi connectivity index (χ2n) is 3.36. The van der Waals surface area contributed by atoms with E-state index in [0.29, 0.717) is 0 Å². The van der Waals surface area contributed by atoms with Gasteiger partial charge in [0.25, 0.3) is 0 Å². The van der Waals surface area contributed by atoms with E-state index in [4.69, 9.17) is 10.5 Å². The summed E-state index contributed by atoms with van der Waals surface area (Å²) in [6.45, 7) is 3.69. The molecular weight excluding hydrogens is 254 g/mol. The van der Waals surface area contributed by atoms with Crippen molar-refractivity contribution in [3.05, 3.63) is 40.9 Å². The Labute approximate surface area is 99.3 Å². The Morgan fingerprint density at radius 1 is 1.60 bits per heavy atom. The zero-order chi connectivity index (χ0) is 11.3. The largest absolute Gasteiger partial charge is 0.497 e. The van der Waals surface area contributed by atoms with Crippen molar-refractivity contribution >= 4 is 15.9 Å². The first kappa shape index (κ1) is 12.3. The molecule has 0 bridgehead atoms. The fourth-order valence-corrected chi connectivity index (χ4v) is 1.93. The Morgan fingerprint density at radius 2 is 2.33 bits per heavy atom. The Bertz CT molecular complexity index is 338. The van der Waals surface area contributed by atoms with E-state index in [-0.39, 0.29) is 6.04 Å². The standard InChI is InChI=1S/C12H16BrNO/c1-3-4-5-12(14)10-8-9(15-2)6-7-11(10)13/h3,6-8,12H,1,4-5,14H2,2H3/t12-/m1/s1. The number of benzene rings is 1. The van der Waals surface area contributed by atoms with Gasteiger partial charge in [0.2, 0.25) is 0 Å².